The summed E-state index contributed by atoms with van der Waals surface area (Å²) >= 11 is 3.52. The van der Waals surface area contributed by atoms with E-state index in [4.69, 9.17) is 0 Å². The van der Waals surface area contributed by atoms with Crippen molar-refractivity contribution in [2.75, 3.05) is 0 Å². The molecule has 0 aliphatic rings. The Labute approximate surface area is 67.2 Å². The number of rotatable bonds is 4. The maximum absolute atomic E-state index is 3.52. The summed E-state index contributed by atoms with van der Waals surface area (Å²) in [5, 5.41) is 0. The van der Waals surface area contributed by atoms with Gasteiger partial charge in [0.05, 0.1) is 0 Å². The average molecular weight is 193 g/mol. The lowest BCUT2D eigenvalue weighted by Gasteiger charge is -2.04. The molecule has 1 atom stereocenters. The number of hydrogen-bond donors (Lipinski definition) is 0. The molecule has 0 nitrogen and oxygen atoms in total. The highest BCUT2D eigenvalue weighted by atomic mass is 79.9. The third kappa shape index (κ3) is 8.48. The number of halogens is 1. The first-order valence-corrected chi connectivity index (χ1v) is 4.68. The van der Waals surface area contributed by atoms with Crippen LogP contribution in [0, 0.1) is 5.92 Å². The molecule has 0 aromatic carbocycles. The Morgan fingerprint density at radius 1 is 1.11 bits per heavy atom. The minimum atomic E-state index is 0.705. The third-order valence-corrected chi connectivity index (χ3v) is 1.84. The van der Waals surface area contributed by atoms with Gasteiger partial charge in [0.2, 0.25) is 0 Å². The van der Waals surface area contributed by atoms with Crippen LogP contribution >= 0.6 is 15.9 Å². The van der Waals surface area contributed by atoms with Gasteiger partial charge in [-0.25, -0.2) is 0 Å². The zero-order valence-electron chi connectivity index (χ0n) is 6.65. The van der Waals surface area contributed by atoms with Crippen molar-refractivity contribution >= 4 is 15.9 Å². The first-order chi connectivity index (χ1) is 4.13. The van der Waals surface area contributed by atoms with Gasteiger partial charge < -0.3 is 0 Å². The Morgan fingerprint density at radius 2 is 1.67 bits per heavy atom. The molecule has 0 amide bonds. The smallest absolute Gasteiger partial charge is 0.0117 e. The summed E-state index contributed by atoms with van der Waals surface area (Å²) in [6.07, 6.45) is 4.05. The van der Waals surface area contributed by atoms with Crippen LogP contribution in [0.3, 0.4) is 0 Å². The molecule has 0 bridgehead atoms. The van der Waals surface area contributed by atoms with E-state index in [1.807, 2.05) is 0 Å². The molecule has 56 valence electrons. The van der Waals surface area contributed by atoms with Gasteiger partial charge in [-0.1, -0.05) is 49.5 Å². The molecule has 0 spiro atoms. The lowest BCUT2D eigenvalue weighted by atomic mass is 10.1. The molecule has 9 heavy (non-hydrogen) atoms. The molecule has 0 aliphatic heterocycles. The zero-order valence-corrected chi connectivity index (χ0v) is 8.24. The van der Waals surface area contributed by atoms with E-state index in [0.717, 1.165) is 5.92 Å². The molecule has 0 rings (SSSR count). The quantitative estimate of drug-likeness (QED) is 0.598. The molecular formula is C8H17Br. The molecule has 0 aromatic heterocycles. The van der Waals surface area contributed by atoms with E-state index in [-0.39, 0.29) is 0 Å². The van der Waals surface area contributed by atoms with E-state index in [1.165, 1.54) is 19.3 Å². The van der Waals surface area contributed by atoms with Gasteiger partial charge in [0.1, 0.15) is 0 Å². The van der Waals surface area contributed by atoms with Gasteiger partial charge in [-0.3, -0.25) is 0 Å². The fourth-order valence-corrected chi connectivity index (χ4v) is 1.13. The summed E-state index contributed by atoms with van der Waals surface area (Å²) in [4.78, 5) is 0.705. The van der Waals surface area contributed by atoms with Crippen LogP contribution in [-0.4, -0.2) is 4.83 Å². The van der Waals surface area contributed by atoms with Crippen molar-refractivity contribution in [2.24, 2.45) is 5.92 Å². The minimum absolute atomic E-state index is 0.705. The highest BCUT2D eigenvalue weighted by Crippen LogP contribution is 2.12. The third-order valence-electron chi connectivity index (χ3n) is 1.38. The van der Waals surface area contributed by atoms with Crippen molar-refractivity contribution in [3.05, 3.63) is 0 Å². The van der Waals surface area contributed by atoms with E-state index in [1.54, 1.807) is 0 Å². The maximum Gasteiger partial charge on any atom is 0.0117 e. The Balaban J connectivity index is 2.91. The summed E-state index contributed by atoms with van der Waals surface area (Å²) < 4.78 is 0. The summed E-state index contributed by atoms with van der Waals surface area (Å²) in [6.45, 7) is 6.76. The van der Waals surface area contributed by atoms with Crippen molar-refractivity contribution in [2.45, 2.75) is 44.9 Å². The summed E-state index contributed by atoms with van der Waals surface area (Å²) in [5.74, 6) is 0.872. The normalized spacial score (nSPS) is 14.3. The van der Waals surface area contributed by atoms with Crippen molar-refractivity contribution < 1.29 is 0 Å². The van der Waals surface area contributed by atoms with Gasteiger partial charge in [-0.05, 0) is 12.3 Å². The van der Waals surface area contributed by atoms with Crippen LogP contribution in [0.25, 0.3) is 0 Å². The van der Waals surface area contributed by atoms with Crippen LogP contribution in [0.15, 0.2) is 0 Å². The minimum Gasteiger partial charge on any atom is -0.0894 e. The standard InChI is InChI=1S/C8H17Br/c1-7(2)5-4-6-8(3)9/h7-8H,4-6H2,1-3H3/t8-/m1/s1. The summed E-state index contributed by atoms with van der Waals surface area (Å²) in [6, 6.07) is 0. The molecule has 0 aliphatic carbocycles. The Kier molecular flexibility index (Phi) is 5.56. The molecule has 0 heterocycles. The first kappa shape index (κ1) is 9.48. The Hall–Kier alpha value is 0.480. The number of hydrogen-bond acceptors (Lipinski definition) is 0. The van der Waals surface area contributed by atoms with Crippen LogP contribution in [0.2, 0.25) is 0 Å². The average Bonchev–Trinajstić information content (AvgIpc) is 1.63. The predicted octanol–water partition coefficient (Wildman–Crippen LogP) is 3.60. The lowest BCUT2D eigenvalue weighted by Crippen LogP contribution is -1.92. The highest BCUT2D eigenvalue weighted by Gasteiger charge is 1.96. The molecule has 0 radical (unpaired) electrons. The second kappa shape index (κ2) is 5.28. The topological polar surface area (TPSA) is 0 Å². The summed E-state index contributed by atoms with van der Waals surface area (Å²) in [7, 11) is 0. The molecule has 0 saturated heterocycles. The SMILES string of the molecule is CC(C)CCC[C@@H](C)Br. The van der Waals surface area contributed by atoms with Gasteiger partial charge in [-0.2, -0.15) is 0 Å². The molecule has 0 aromatic rings. The zero-order chi connectivity index (χ0) is 7.28. The molecule has 0 unspecified atom stereocenters. The Bertz CT molecular complexity index is 49.6. The van der Waals surface area contributed by atoms with Crippen LogP contribution in [0.4, 0.5) is 0 Å². The second-order valence-electron chi connectivity index (χ2n) is 3.11. The van der Waals surface area contributed by atoms with Crippen molar-refractivity contribution in [3.8, 4) is 0 Å². The van der Waals surface area contributed by atoms with Crippen molar-refractivity contribution in [3.63, 3.8) is 0 Å². The van der Waals surface area contributed by atoms with E-state index in [2.05, 4.69) is 36.7 Å². The molecular weight excluding hydrogens is 176 g/mol. The van der Waals surface area contributed by atoms with Crippen molar-refractivity contribution in [1.29, 1.82) is 0 Å². The monoisotopic (exact) mass is 192 g/mol. The highest BCUT2D eigenvalue weighted by molar-refractivity contribution is 9.09. The molecule has 0 fully saturated rings. The fraction of sp³-hybridized carbons (Fsp3) is 1.00. The van der Waals surface area contributed by atoms with Crippen LogP contribution in [0.5, 0.6) is 0 Å². The maximum atomic E-state index is 3.52. The molecule has 0 saturated carbocycles. The fourth-order valence-electron chi connectivity index (χ4n) is 0.807. The van der Waals surface area contributed by atoms with Crippen LogP contribution in [-0.2, 0) is 0 Å². The van der Waals surface area contributed by atoms with E-state index >= 15 is 0 Å². The van der Waals surface area contributed by atoms with Gasteiger partial charge in [0.25, 0.3) is 0 Å². The van der Waals surface area contributed by atoms with Gasteiger partial charge >= 0.3 is 0 Å². The van der Waals surface area contributed by atoms with Gasteiger partial charge in [0, 0.05) is 4.83 Å². The van der Waals surface area contributed by atoms with E-state index in [0.29, 0.717) is 4.83 Å². The lowest BCUT2D eigenvalue weighted by molar-refractivity contribution is 0.539. The van der Waals surface area contributed by atoms with E-state index < -0.39 is 0 Å². The van der Waals surface area contributed by atoms with E-state index in [9.17, 15) is 0 Å². The number of alkyl halides is 1. The largest absolute Gasteiger partial charge is 0.0894 e. The van der Waals surface area contributed by atoms with Crippen LogP contribution in [0.1, 0.15) is 40.0 Å². The van der Waals surface area contributed by atoms with Gasteiger partial charge in [-0.15, -0.1) is 0 Å². The predicted molar refractivity (Wildman–Crippen MR) is 47.1 cm³/mol. The molecule has 0 N–H and O–H groups in total. The second-order valence-corrected chi connectivity index (χ2v) is 4.67. The summed E-state index contributed by atoms with van der Waals surface area (Å²) in [5.41, 5.74) is 0. The van der Waals surface area contributed by atoms with Crippen LogP contribution < -0.4 is 0 Å². The molecule has 1 heteroatoms. The Morgan fingerprint density at radius 3 is 2.00 bits per heavy atom. The van der Waals surface area contributed by atoms with Crippen molar-refractivity contribution in [1.82, 2.24) is 0 Å². The first-order valence-electron chi connectivity index (χ1n) is 3.77. The van der Waals surface area contributed by atoms with Gasteiger partial charge in [0.15, 0.2) is 0 Å².